The summed E-state index contributed by atoms with van der Waals surface area (Å²) in [6.07, 6.45) is 0. The zero-order valence-electron chi connectivity index (χ0n) is 34.1. The second-order valence-electron chi connectivity index (χ2n) is 18.1. The first-order chi connectivity index (χ1) is 28.5. The van der Waals surface area contributed by atoms with Crippen LogP contribution in [0.3, 0.4) is 0 Å². The molecule has 0 aliphatic rings. The Morgan fingerprint density at radius 3 is 1.34 bits per heavy atom. The van der Waals surface area contributed by atoms with E-state index in [9.17, 15) is 0 Å². The quantitative estimate of drug-likeness (QED) is 0.180. The number of rotatable bonds is 3. The molecule has 0 saturated heterocycles. The predicted molar refractivity (Wildman–Crippen MR) is 244 cm³/mol. The summed E-state index contributed by atoms with van der Waals surface area (Å²) in [6, 6.07) is 55.3. The van der Waals surface area contributed by atoms with E-state index >= 15 is 0 Å². The van der Waals surface area contributed by atoms with Crippen LogP contribution >= 0.6 is 0 Å². The smallest absolute Gasteiger partial charge is 0.220 e. The van der Waals surface area contributed by atoms with Crippen molar-refractivity contribution >= 4 is 77.5 Å². The van der Waals surface area contributed by atoms with Gasteiger partial charge in [-0.3, -0.25) is 17.9 Å². The summed E-state index contributed by atoms with van der Waals surface area (Å²) >= 11 is 0. The topological polar surface area (TPSA) is 49.4 Å². The monoisotopic (exact) mass is 765 g/mol. The van der Waals surface area contributed by atoms with Crippen molar-refractivity contribution in [3.05, 3.63) is 163 Å². The molecule has 0 spiro atoms. The molecule has 5 heterocycles. The Balaban J connectivity index is 1.09. The van der Waals surface area contributed by atoms with Crippen molar-refractivity contribution in [3.63, 3.8) is 0 Å². The molecule has 5 aromatic heterocycles. The zero-order chi connectivity index (χ0) is 39.9. The molecule has 0 aliphatic heterocycles. The standard InChI is InChI=1S/C52H43N7/c1-51(2,3)32-22-26-42-39(28-32)53-49-56(44-18-9-11-20-46(44)58(42)49)35-15-13-14-34(30-35)55-41-17-8-7-16-37(41)38-25-24-36(31-48(38)55)57-45-19-10-12-21-47(45)59-43-27-23-33(52(4,5)6)29-40(43)54-50(57)59/h7-31H,1-6H3. The SMILES string of the molecule is CC(C)(C)c1ccc2c(c1)nc1n(-c3cccc(-n4c5ccccc5c5ccc(-n6c7ccccc7n7c8ccc(C(C)(C)C)cc8nc67)cc54)c3)c3ccccc3n21. The Hall–Kier alpha value is -7.12. The van der Waals surface area contributed by atoms with E-state index in [2.05, 4.69) is 216 Å². The van der Waals surface area contributed by atoms with Gasteiger partial charge >= 0.3 is 0 Å². The van der Waals surface area contributed by atoms with Crippen molar-refractivity contribution in [1.82, 2.24) is 32.5 Å². The Kier molecular flexibility index (Phi) is 6.75. The van der Waals surface area contributed by atoms with E-state index in [1.807, 2.05) is 0 Å². The third-order valence-electron chi connectivity index (χ3n) is 12.4. The van der Waals surface area contributed by atoms with E-state index < -0.39 is 0 Å². The van der Waals surface area contributed by atoms with Crippen molar-refractivity contribution in [2.45, 2.75) is 52.4 Å². The highest BCUT2D eigenvalue weighted by molar-refractivity contribution is 6.10. The van der Waals surface area contributed by atoms with E-state index in [0.717, 1.165) is 83.8 Å². The fourth-order valence-corrected chi connectivity index (χ4v) is 9.40. The van der Waals surface area contributed by atoms with Crippen LogP contribution in [0.2, 0.25) is 0 Å². The molecule has 0 amide bonds. The zero-order valence-corrected chi connectivity index (χ0v) is 34.1. The van der Waals surface area contributed by atoms with Crippen molar-refractivity contribution in [3.8, 4) is 17.1 Å². The lowest BCUT2D eigenvalue weighted by molar-refractivity contribution is 0.590. The number of hydrogen-bond acceptors (Lipinski definition) is 2. The van der Waals surface area contributed by atoms with Gasteiger partial charge in [-0.1, -0.05) is 108 Å². The van der Waals surface area contributed by atoms with Gasteiger partial charge in [0, 0.05) is 16.5 Å². The van der Waals surface area contributed by atoms with Crippen molar-refractivity contribution in [1.29, 1.82) is 0 Å². The maximum Gasteiger partial charge on any atom is 0.220 e. The van der Waals surface area contributed by atoms with Crippen LogP contribution in [0, 0.1) is 0 Å². The van der Waals surface area contributed by atoms with E-state index in [1.54, 1.807) is 0 Å². The predicted octanol–water partition coefficient (Wildman–Crippen LogP) is 12.9. The van der Waals surface area contributed by atoms with Gasteiger partial charge in [-0.2, -0.15) is 0 Å². The Bertz CT molecular complexity index is 3700. The lowest BCUT2D eigenvalue weighted by Crippen LogP contribution is -2.10. The summed E-state index contributed by atoms with van der Waals surface area (Å²) in [5, 5.41) is 2.42. The van der Waals surface area contributed by atoms with Gasteiger partial charge < -0.3 is 4.57 Å². The first kappa shape index (κ1) is 34.0. The van der Waals surface area contributed by atoms with E-state index in [-0.39, 0.29) is 10.8 Å². The minimum absolute atomic E-state index is 0.0266. The molecule has 7 aromatic carbocycles. The highest BCUT2D eigenvalue weighted by Crippen LogP contribution is 2.38. The summed E-state index contributed by atoms with van der Waals surface area (Å²) < 4.78 is 11.7. The van der Waals surface area contributed by atoms with E-state index in [4.69, 9.17) is 9.97 Å². The summed E-state index contributed by atoms with van der Waals surface area (Å²) in [6.45, 7) is 13.5. The molecule has 0 unspecified atom stereocenters. The van der Waals surface area contributed by atoms with Gasteiger partial charge in [-0.05, 0) is 107 Å². The van der Waals surface area contributed by atoms with Crippen LogP contribution < -0.4 is 0 Å². The van der Waals surface area contributed by atoms with Crippen LogP contribution in [0.1, 0.15) is 52.7 Å². The molecule has 0 N–H and O–H groups in total. The molecule has 0 saturated carbocycles. The minimum atomic E-state index is 0.0266. The van der Waals surface area contributed by atoms with E-state index in [1.165, 1.54) is 21.9 Å². The fourth-order valence-electron chi connectivity index (χ4n) is 9.40. The fraction of sp³-hybridized carbons (Fsp3) is 0.154. The molecular formula is C52H43N7. The molecule has 286 valence electrons. The number of nitrogens with zero attached hydrogens (tertiary/aromatic N) is 7. The van der Waals surface area contributed by atoms with Crippen LogP contribution in [0.5, 0.6) is 0 Å². The molecule has 0 aliphatic carbocycles. The Morgan fingerprint density at radius 1 is 0.339 bits per heavy atom. The molecule has 7 nitrogen and oxygen atoms in total. The molecule has 0 radical (unpaired) electrons. The summed E-state index contributed by atoms with van der Waals surface area (Å²) in [5.74, 6) is 1.81. The maximum atomic E-state index is 5.34. The number of fused-ring (bicyclic) bond motifs is 13. The van der Waals surface area contributed by atoms with Gasteiger partial charge in [0.25, 0.3) is 0 Å². The van der Waals surface area contributed by atoms with Crippen LogP contribution in [0.25, 0.3) is 94.6 Å². The second-order valence-corrected chi connectivity index (χ2v) is 18.1. The Morgan fingerprint density at radius 2 is 0.797 bits per heavy atom. The van der Waals surface area contributed by atoms with Crippen LogP contribution in [-0.2, 0) is 10.8 Å². The molecule has 0 atom stereocenters. The highest BCUT2D eigenvalue weighted by atomic mass is 15.2. The molecule has 12 rings (SSSR count). The van der Waals surface area contributed by atoms with Gasteiger partial charge in [0.1, 0.15) is 0 Å². The highest BCUT2D eigenvalue weighted by Gasteiger charge is 2.23. The van der Waals surface area contributed by atoms with Gasteiger partial charge in [0.2, 0.25) is 11.6 Å². The minimum Gasteiger partial charge on any atom is -0.309 e. The summed E-state index contributed by atoms with van der Waals surface area (Å²) in [7, 11) is 0. The lowest BCUT2D eigenvalue weighted by atomic mass is 9.87. The largest absolute Gasteiger partial charge is 0.309 e. The number of para-hydroxylation sites is 5. The first-order valence-electron chi connectivity index (χ1n) is 20.5. The lowest BCUT2D eigenvalue weighted by Gasteiger charge is -2.18. The van der Waals surface area contributed by atoms with Crippen LogP contribution in [-0.4, -0.2) is 32.5 Å². The number of hydrogen-bond donors (Lipinski definition) is 0. The van der Waals surface area contributed by atoms with Gasteiger partial charge in [0.15, 0.2) is 0 Å². The number of benzene rings is 7. The molecule has 12 aromatic rings. The molecular weight excluding hydrogens is 723 g/mol. The molecule has 59 heavy (non-hydrogen) atoms. The summed E-state index contributed by atoms with van der Waals surface area (Å²) in [4.78, 5) is 10.7. The van der Waals surface area contributed by atoms with Crippen LogP contribution in [0.15, 0.2) is 152 Å². The summed E-state index contributed by atoms with van der Waals surface area (Å²) in [5.41, 5.74) is 16.8. The second kappa shape index (κ2) is 11.7. The number of aromatic nitrogens is 7. The average Bonchev–Trinajstić information content (AvgIpc) is 4.02. The third kappa shape index (κ3) is 4.82. The first-order valence-corrected chi connectivity index (χ1v) is 20.5. The van der Waals surface area contributed by atoms with Gasteiger partial charge in [-0.15, -0.1) is 0 Å². The van der Waals surface area contributed by atoms with Crippen LogP contribution in [0.4, 0.5) is 0 Å². The Labute approximate surface area is 341 Å². The molecule has 0 bridgehead atoms. The average molecular weight is 766 g/mol. The molecule has 7 heteroatoms. The normalized spacial score (nSPS) is 12.9. The molecule has 0 fully saturated rings. The van der Waals surface area contributed by atoms with E-state index in [0.29, 0.717) is 0 Å². The van der Waals surface area contributed by atoms with Crippen molar-refractivity contribution < 1.29 is 0 Å². The maximum absolute atomic E-state index is 5.34. The van der Waals surface area contributed by atoms with Gasteiger partial charge in [0.05, 0.1) is 66.5 Å². The van der Waals surface area contributed by atoms with Crippen molar-refractivity contribution in [2.75, 3.05) is 0 Å². The van der Waals surface area contributed by atoms with Crippen molar-refractivity contribution in [2.24, 2.45) is 0 Å². The number of imidazole rings is 4. The van der Waals surface area contributed by atoms with Gasteiger partial charge in [-0.25, -0.2) is 9.97 Å². The third-order valence-corrected chi connectivity index (χ3v) is 12.4.